The lowest BCUT2D eigenvalue weighted by atomic mass is 10.1. The number of para-hydroxylation sites is 1. The van der Waals surface area contributed by atoms with Crippen LogP contribution in [0.15, 0.2) is 48.8 Å². The van der Waals surface area contributed by atoms with Gasteiger partial charge in [-0.25, -0.2) is 9.67 Å². The number of carbonyl (C=O) groups is 1. The number of benzene rings is 2. The van der Waals surface area contributed by atoms with Crippen molar-refractivity contribution in [1.82, 2.24) is 14.8 Å². The van der Waals surface area contributed by atoms with Crippen LogP contribution in [0.5, 0.6) is 0 Å². The third-order valence-electron chi connectivity index (χ3n) is 3.51. The number of amides is 1. The van der Waals surface area contributed by atoms with Crippen LogP contribution in [-0.2, 0) is 0 Å². The highest BCUT2D eigenvalue weighted by Crippen LogP contribution is 2.20. The van der Waals surface area contributed by atoms with Crippen molar-refractivity contribution in [2.45, 2.75) is 13.8 Å². The Morgan fingerprint density at radius 3 is 2.39 bits per heavy atom. The fourth-order valence-corrected chi connectivity index (χ4v) is 2.39. The largest absolute Gasteiger partial charge is 0.319 e. The van der Waals surface area contributed by atoms with Gasteiger partial charge in [0.05, 0.1) is 5.69 Å². The lowest BCUT2D eigenvalue weighted by Crippen LogP contribution is -2.16. The summed E-state index contributed by atoms with van der Waals surface area (Å²) in [6.45, 7) is 3.89. The first-order valence-corrected chi connectivity index (χ1v) is 7.47. The lowest BCUT2D eigenvalue weighted by molar-refractivity contribution is 0.101. The van der Waals surface area contributed by atoms with Crippen LogP contribution in [0.3, 0.4) is 0 Å². The fraction of sp³-hybridized carbons (Fsp3) is 0.118. The van der Waals surface area contributed by atoms with Gasteiger partial charge in [-0.15, -0.1) is 5.10 Å². The van der Waals surface area contributed by atoms with Crippen LogP contribution < -0.4 is 5.32 Å². The first kappa shape index (κ1) is 15.2. The molecule has 116 valence electrons. The molecule has 1 amide bonds. The van der Waals surface area contributed by atoms with Gasteiger partial charge in [-0.2, -0.15) is 0 Å². The molecule has 0 unspecified atom stereocenters. The Labute approximate surface area is 138 Å². The third-order valence-corrected chi connectivity index (χ3v) is 3.76. The van der Waals surface area contributed by atoms with Crippen molar-refractivity contribution >= 4 is 23.2 Å². The topological polar surface area (TPSA) is 59.8 Å². The molecule has 0 spiro atoms. The van der Waals surface area contributed by atoms with Gasteiger partial charge >= 0.3 is 0 Å². The van der Waals surface area contributed by atoms with Gasteiger partial charge in [-0.3, -0.25) is 4.79 Å². The predicted molar refractivity (Wildman–Crippen MR) is 90.2 cm³/mol. The number of nitrogens with zero attached hydrogens (tertiary/aromatic N) is 3. The van der Waals surface area contributed by atoms with Crippen molar-refractivity contribution in [1.29, 1.82) is 0 Å². The summed E-state index contributed by atoms with van der Waals surface area (Å²) in [5.41, 5.74) is 3.57. The summed E-state index contributed by atoms with van der Waals surface area (Å²) in [4.78, 5) is 16.4. The molecular weight excluding hydrogens is 312 g/mol. The molecule has 3 rings (SSSR count). The van der Waals surface area contributed by atoms with Crippen molar-refractivity contribution in [3.63, 3.8) is 0 Å². The van der Waals surface area contributed by atoms with Crippen LogP contribution in [0, 0.1) is 13.8 Å². The average molecular weight is 327 g/mol. The van der Waals surface area contributed by atoms with Crippen molar-refractivity contribution in [3.05, 3.63) is 70.8 Å². The van der Waals surface area contributed by atoms with Crippen molar-refractivity contribution < 1.29 is 4.79 Å². The number of anilines is 1. The van der Waals surface area contributed by atoms with Crippen LogP contribution in [-0.4, -0.2) is 20.7 Å². The second-order valence-electron chi connectivity index (χ2n) is 5.21. The van der Waals surface area contributed by atoms with E-state index in [1.54, 1.807) is 12.1 Å². The Balaban J connectivity index is 1.83. The van der Waals surface area contributed by atoms with Gasteiger partial charge in [0.25, 0.3) is 5.91 Å². The minimum absolute atomic E-state index is 0.114. The van der Waals surface area contributed by atoms with Gasteiger partial charge in [-0.1, -0.05) is 29.8 Å². The smallest absolute Gasteiger partial charge is 0.295 e. The zero-order valence-electron chi connectivity index (χ0n) is 12.7. The summed E-state index contributed by atoms with van der Waals surface area (Å²) >= 11 is 5.87. The second kappa shape index (κ2) is 6.22. The van der Waals surface area contributed by atoms with Crippen LogP contribution in [0.25, 0.3) is 5.69 Å². The molecule has 1 N–H and O–H groups in total. The molecule has 3 aromatic rings. The van der Waals surface area contributed by atoms with E-state index in [9.17, 15) is 4.79 Å². The first-order valence-electron chi connectivity index (χ1n) is 7.10. The summed E-state index contributed by atoms with van der Waals surface area (Å²) in [6.07, 6.45) is 1.50. The number of rotatable bonds is 3. The molecule has 0 saturated heterocycles. The van der Waals surface area contributed by atoms with Crippen molar-refractivity contribution in [2.24, 2.45) is 0 Å². The van der Waals surface area contributed by atoms with E-state index in [2.05, 4.69) is 15.4 Å². The molecule has 0 fully saturated rings. The molecule has 0 bridgehead atoms. The number of nitrogens with one attached hydrogen (secondary N) is 1. The molecule has 0 radical (unpaired) electrons. The molecule has 23 heavy (non-hydrogen) atoms. The molecule has 0 aliphatic carbocycles. The van der Waals surface area contributed by atoms with Crippen LogP contribution in [0.4, 0.5) is 5.69 Å². The third kappa shape index (κ3) is 3.24. The number of halogens is 1. The van der Waals surface area contributed by atoms with Gasteiger partial charge in [-0.05, 0) is 49.2 Å². The molecule has 6 heteroatoms. The van der Waals surface area contributed by atoms with Gasteiger partial charge in [0.1, 0.15) is 6.33 Å². The molecule has 0 saturated carbocycles. The average Bonchev–Trinajstić information content (AvgIpc) is 3.02. The van der Waals surface area contributed by atoms with Crippen LogP contribution >= 0.6 is 11.6 Å². The number of hydrogen-bond donors (Lipinski definition) is 1. The normalized spacial score (nSPS) is 10.6. The lowest BCUT2D eigenvalue weighted by Gasteiger charge is -2.09. The predicted octanol–water partition coefficient (Wildman–Crippen LogP) is 3.79. The quantitative estimate of drug-likeness (QED) is 0.796. The van der Waals surface area contributed by atoms with E-state index >= 15 is 0 Å². The second-order valence-corrected chi connectivity index (χ2v) is 5.65. The fourth-order valence-electron chi connectivity index (χ4n) is 2.27. The SMILES string of the molecule is Cc1cccc(C)c1NC(=O)c1ncn(-c2ccc(Cl)cc2)n1. The molecule has 1 aromatic heterocycles. The van der Waals surface area contributed by atoms with E-state index in [-0.39, 0.29) is 11.7 Å². The van der Waals surface area contributed by atoms with E-state index in [4.69, 9.17) is 11.6 Å². The summed E-state index contributed by atoms with van der Waals surface area (Å²) in [5, 5.41) is 7.73. The van der Waals surface area contributed by atoms with E-state index in [0.29, 0.717) is 5.02 Å². The van der Waals surface area contributed by atoms with Gasteiger partial charge in [0.2, 0.25) is 5.82 Å². The standard InChI is InChI=1S/C17H15ClN4O/c1-11-4-3-5-12(2)15(11)20-17(23)16-19-10-22(21-16)14-8-6-13(18)7-9-14/h3-10H,1-2H3,(H,20,23). The summed E-state index contributed by atoms with van der Waals surface area (Å²) in [6, 6.07) is 13.0. The Kier molecular flexibility index (Phi) is 4.12. The van der Waals surface area contributed by atoms with Crippen molar-refractivity contribution in [3.8, 4) is 5.69 Å². The highest BCUT2D eigenvalue weighted by Gasteiger charge is 2.14. The number of aromatic nitrogens is 3. The highest BCUT2D eigenvalue weighted by atomic mass is 35.5. The maximum Gasteiger partial charge on any atom is 0.295 e. The first-order chi connectivity index (χ1) is 11.0. The zero-order valence-corrected chi connectivity index (χ0v) is 13.5. The molecule has 0 aliphatic heterocycles. The summed E-state index contributed by atoms with van der Waals surface area (Å²) in [7, 11) is 0. The Bertz CT molecular complexity index is 835. The number of carbonyl (C=O) groups excluding carboxylic acids is 1. The molecule has 1 heterocycles. The minimum Gasteiger partial charge on any atom is -0.319 e. The molecular formula is C17H15ClN4O. The highest BCUT2D eigenvalue weighted by molar-refractivity contribution is 6.30. The van der Waals surface area contributed by atoms with E-state index in [1.807, 2.05) is 44.2 Å². The molecule has 5 nitrogen and oxygen atoms in total. The van der Waals surface area contributed by atoms with E-state index in [0.717, 1.165) is 22.5 Å². The van der Waals surface area contributed by atoms with E-state index < -0.39 is 0 Å². The number of aryl methyl sites for hydroxylation is 2. The van der Waals surface area contributed by atoms with Gasteiger partial charge in [0.15, 0.2) is 0 Å². The van der Waals surface area contributed by atoms with Gasteiger partial charge in [0, 0.05) is 10.7 Å². The van der Waals surface area contributed by atoms with Crippen LogP contribution in [0.1, 0.15) is 21.7 Å². The monoisotopic (exact) mass is 326 g/mol. The summed E-state index contributed by atoms with van der Waals surface area (Å²) in [5.74, 6) is -0.224. The Morgan fingerprint density at radius 2 is 1.74 bits per heavy atom. The number of hydrogen-bond acceptors (Lipinski definition) is 3. The molecule has 0 aliphatic rings. The van der Waals surface area contributed by atoms with E-state index in [1.165, 1.54) is 11.0 Å². The zero-order chi connectivity index (χ0) is 16.4. The molecule has 0 atom stereocenters. The molecule has 2 aromatic carbocycles. The van der Waals surface area contributed by atoms with Crippen molar-refractivity contribution in [2.75, 3.05) is 5.32 Å². The van der Waals surface area contributed by atoms with Crippen LogP contribution in [0.2, 0.25) is 5.02 Å². The maximum atomic E-state index is 12.3. The van der Waals surface area contributed by atoms with Gasteiger partial charge < -0.3 is 5.32 Å². The Morgan fingerprint density at radius 1 is 1.09 bits per heavy atom. The Hall–Kier alpha value is -2.66. The minimum atomic E-state index is -0.338. The summed E-state index contributed by atoms with van der Waals surface area (Å²) < 4.78 is 1.54. The maximum absolute atomic E-state index is 12.3.